The van der Waals surface area contributed by atoms with Crippen molar-refractivity contribution in [2.45, 2.75) is 38.8 Å². The topological polar surface area (TPSA) is 58.4 Å². The second-order valence-corrected chi connectivity index (χ2v) is 8.29. The van der Waals surface area contributed by atoms with Gasteiger partial charge in [-0.2, -0.15) is 0 Å². The van der Waals surface area contributed by atoms with Crippen LogP contribution < -0.4 is 5.56 Å². The molecule has 1 N–H and O–H groups in total. The summed E-state index contributed by atoms with van der Waals surface area (Å²) in [6.07, 6.45) is 5.06. The molecule has 3 heterocycles. The lowest BCUT2D eigenvalue weighted by molar-refractivity contribution is 0.183. The van der Waals surface area contributed by atoms with Crippen molar-refractivity contribution in [3.05, 3.63) is 92.6 Å². The van der Waals surface area contributed by atoms with Gasteiger partial charge in [-0.1, -0.05) is 36.2 Å². The summed E-state index contributed by atoms with van der Waals surface area (Å²) in [6.45, 7) is 3.96. The molecule has 0 bridgehead atoms. The third-order valence-electron chi connectivity index (χ3n) is 5.76. The van der Waals surface area contributed by atoms with Crippen LogP contribution in [-0.4, -0.2) is 32.6 Å². The standard InChI is InChI=1S/C24H26ClN3O2/c1-17-14-21(29)22(24(30)28(17)16-20-10-3-4-11-26-20)23(27-12-5-2-6-13-27)18-8-7-9-19(25)15-18/h3-4,7-11,14-15,23,29H,2,5-6,12-13,16H2,1H3/t23-/m0/s1. The summed E-state index contributed by atoms with van der Waals surface area (Å²) < 4.78 is 1.69. The van der Waals surface area contributed by atoms with E-state index in [0.717, 1.165) is 37.2 Å². The predicted octanol–water partition coefficient (Wildman–Crippen LogP) is 4.53. The van der Waals surface area contributed by atoms with E-state index >= 15 is 0 Å². The highest BCUT2D eigenvalue weighted by Gasteiger charge is 2.30. The zero-order valence-corrected chi connectivity index (χ0v) is 17.8. The molecule has 0 unspecified atom stereocenters. The van der Waals surface area contributed by atoms with Crippen molar-refractivity contribution in [3.63, 3.8) is 0 Å². The summed E-state index contributed by atoms with van der Waals surface area (Å²) in [5.74, 6) is 0.0327. The minimum Gasteiger partial charge on any atom is -0.507 e. The van der Waals surface area contributed by atoms with E-state index in [-0.39, 0.29) is 17.4 Å². The molecule has 156 valence electrons. The molecule has 30 heavy (non-hydrogen) atoms. The predicted molar refractivity (Wildman–Crippen MR) is 119 cm³/mol. The Bertz CT molecular complexity index is 1080. The molecule has 2 aromatic heterocycles. The molecule has 1 aliphatic heterocycles. The number of aromatic nitrogens is 2. The fourth-order valence-corrected chi connectivity index (χ4v) is 4.49. The van der Waals surface area contributed by atoms with Gasteiger partial charge in [-0.05, 0) is 68.8 Å². The Labute approximate surface area is 181 Å². The SMILES string of the molecule is Cc1cc(O)c([C@H](c2cccc(Cl)c2)N2CCCCC2)c(=O)n1Cc1ccccn1. The van der Waals surface area contributed by atoms with Gasteiger partial charge in [0.1, 0.15) is 5.75 Å². The molecule has 1 atom stereocenters. The molecule has 6 heteroatoms. The van der Waals surface area contributed by atoms with Gasteiger partial charge in [-0.15, -0.1) is 0 Å². The van der Waals surface area contributed by atoms with E-state index in [1.54, 1.807) is 16.8 Å². The number of rotatable bonds is 5. The number of aromatic hydroxyl groups is 1. The molecule has 1 aromatic carbocycles. The molecule has 0 spiro atoms. The molecule has 0 radical (unpaired) electrons. The van der Waals surface area contributed by atoms with Crippen molar-refractivity contribution in [3.8, 4) is 5.75 Å². The molecule has 0 saturated carbocycles. The highest BCUT2D eigenvalue weighted by atomic mass is 35.5. The molecule has 1 saturated heterocycles. The van der Waals surface area contributed by atoms with Crippen LogP contribution in [0.2, 0.25) is 5.02 Å². The van der Waals surface area contributed by atoms with E-state index in [2.05, 4.69) is 9.88 Å². The summed E-state index contributed by atoms with van der Waals surface area (Å²) in [4.78, 5) is 20.3. The Kier molecular flexibility index (Phi) is 6.21. The number of hydrogen-bond acceptors (Lipinski definition) is 4. The Morgan fingerprint density at radius 2 is 1.90 bits per heavy atom. The van der Waals surface area contributed by atoms with Gasteiger partial charge in [0.05, 0.1) is 23.8 Å². The van der Waals surface area contributed by atoms with E-state index in [4.69, 9.17) is 11.6 Å². The normalized spacial score (nSPS) is 15.8. The van der Waals surface area contributed by atoms with E-state index < -0.39 is 0 Å². The van der Waals surface area contributed by atoms with E-state index in [1.807, 2.05) is 49.4 Å². The second-order valence-electron chi connectivity index (χ2n) is 7.85. The summed E-state index contributed by atoms with van der Waals surface area (Å²) in [6, 6.07) is 14.6. The quantitative estimate of drug-likeness (QED) is 0.654. The first-order valence-electron chi connectivity index (χ1n) is 10.4. The van der Waals surface area contributed by atoms with Crippen LogP contribution in [-0.2, 0) is 6.54 Å². The van der Waals surface area contributed by atoms with Crippen molar-refractivity contribution < 1.29 is 5.11 Å². The van der Waals surface area contributed by atoms with Gasteiger partial charge in [-0.25, -0.2) is 0 Å². The number of halogens is 1. The van der Waals surface area contributed by atoms with Gasteiger partial charge in [0.15, 0.2) is 0 Å². The van der Waals surface area contributed by atoms with Crippen molar-refractivity contribution in [2.24, 2.45) is 0 Å². The van der Waals surface area contributed by atoms with Crippen LogP contribution in [0.25, 0.3) is 0 Å². The van der Waals surface area contributed by atoms with E-state index in [1.165, 1.54) is 6.42 Å². The number of benzene rings is 1. The summed E-state index contributed by atoms with van der Waals surface area (Å²) in [7, 11) is 0. The Morgan fingerprint density at radius 1 is 1.10 bits per heavy atom. The van der Waals surface area contributed by atoms with Crippen molar-refractivity contribution >= 4 is 11.6 Å². The fraction of sp³-hybridized carbons (Fsp3) is 0.333. The highest BCUT2D eigenvalue weighted by Crippen LogP contribution is 2.35. The second kappa shape index (κ2) is 9.02. The summed E-state index contributed by atoms with van der Waals surface area (Å²) >= 11 is 6.29. The maximum Gasteiger partial charge on any atom is 0.260 e. The molecule has 3 aromatic rings. The van der Waals surface area contributed by atoms with Crippen LogP contribution in [0.5, 0.6) is 5.75 Å². The number of hydrogen-bond donors (Lipinski definition) is 1. The molecule has 1 aliphatic rings. The Hall–Kier alpha value is -2.63. The maximum atomic E-state index is 13.7. The highest BCUT2D eigenvalue weighted by molar-refractivity contribution is 6.30. The van der Waals surface area contributed by atoms with Crippen molar-refractivity contribution in [1.82, 2.24) is 14.5 Å². The number of nitrogens with zero attached hydrogens (tertiary/aromatic N) is 3. The lowest BCUT2D eigenvalue weighted by Gasteiger charge is -2.35. The Morgan fingerprint density at radius 3 is 2.60 bits per heavy atom. The van der Waals surface area contributed by atoms with Crippen LogP contribution in [0.15, 0.2) is 59.5 Å². The molecular weight excluding hydrogens is 398 g/mol. The molecular formula is C24H26ClN3O2. The summed E-state index contributed by atoms with van der Waals surface area (Å²) in [5, 5.41) is 11.5. The molecule has 0 amide bonds. The number of piperidine rings is 1. The smallest absolute Gasteiger partial charge is 0.260 e. The van der Waals surface area contributed by atoms with Crippen LogP contribution in [0.4, 0.5) is 0 Å². The monoisotopic (exact) mass is 423 g/mol. The van der Waals surface area contributed by atoms with Crippen molar-refractivity contribution in [1.29, 1.82) is 0 Å². The maximum absolute atomic E-state index is 13.7. The molecule has 1 fully saturated rings. The lowest BCUT2D eigenvalue weighted by atomic mass is 9.94. The van der Waals surface area contributed by atoms with Gasteiger partial charge in [0.25, 0.3) is 5.56 Å². The first kappa shape index (κ1) is 20.6. The first-order chi connectivity index (χ1) is 14.5. The van der Waals surface area contributed by atoms with Crippen LogP contribution >= 0.6 is 11.6 Å². The average molecular weight is 424 g/mol. The van der Waals surface area contributed by atoms with Crippen LogP contribution in [0, 0.1) is 6.92 Å². The number of aryl methyl sites for hydroxylation is 1. The van der Waals surface area contributed by atoms with Crippen LogP contribution in [0.1, 0.15) is 47.8 Å². The van der Waals surface area contributed by atoms with Gasteiger partial charge in [0, 0.05) is 16.9 Å². The van der Waals surface area contributed by atoms with Gasteiger partial charge in [-0.3, -0.25) is 14.7 Å². The summed E-state index contributed by atoms with van der Waals surface area (Å²) in [5.41, 5.74) is 2.64. The Balaban J connectivity index is 1.85. The zero-order chi connectivity index (χ0) is 21.1. The third-order valence-corrected chi connectivity index (χ3v) is 6.00. The largest absolute Gasteiger partial charge is 0.507 e. The molecule has 4 rings (SSSR count). The van der Waals surface area contributed by atoms with Gasteiger partial charge < -0.3 is 9.67 Å². The lowest BCUT2D eigenvalue weighted by Crippen LogP contribution is -2.39. The number of pyridine rings is 2. The van der Waals surface area contributed by atoms with Crippen LogP contribution in [0.3, 0.4) is 0 Å². The van der Waals surface area contributed by atoms with Gasteiger partial charge in [0.2, 0.25) is 0 Å². The van der Waals surface area contributed by atoms with E-state index in [9.17, 15) is 9.90 Å². The minimum atomic E-state index is -0.341. The van der Waals surface area contributed by atoms with Crippen molar-refractivity contribution in [2.75, 3.05) is 13.1 Å². The fourth-order valence-electron chi connectivity index (χ4n) is 4.29. The number of likely N-dealkylation sites (tertiary alicyclic amines) is 1. The molecule has 0 aliphatic carbocycles. The minimum absolute atomic E-state index is 0.0327. The van der Waals surface area contributed by atoms with Gasteiger partial charge >= 0.3 is 0 Å². The first-order valence-corrected chi connectivity index (χ1v) is 10.7. The average Bonchev–Trinajstić information content (AvgIpc) is 2.75. The van der Waals surface area contributed by atoms with E-state index in [0.29, 0.717) is 22.8 Å². The zero-order valence-electron chi connectivity index (χ0n) is 17.1. The molecule has 5 nitrogen and oxygen atoms in total. The third kappa shape index (κ3) is 4.27.